The van der Waals surface area contributed by atoms with E-state index in [1.807, 2.05) is 0 Å². The van der Waals surface area contributed by atoms with Crippen LogP contribution in [0.1, 0.15) is 57.4 Å². The fourth-order valence-corrected chi connectivity index (χ4v) is 14.1. The summed E-state index contributed by atoms with van der Waals surface area (Å²) in [5.41, 5.74) is 34.8. The number of hydrogen-bond donors (Lipinski definition) is 19. The van der Waals surface area contributed by atoms with E-state index >= 15 is 0 Å². The number of aliphatic hydroxyl groups is 1. The highest BCUT2D eigenvalue weighted by Gasteiger charge is 2.42. The first kappa shape index (κ1) is 73.5. The summed E-state index contributed by atoms with van der Waals surface area (Å²) in [6.45, 7) is -0.723. The number of carboxylic acids is 1. The smallest absolute Gasteiger partial charge is 0.305 e. The van der Waals surface area contributed by atoms with Gasteiger partial charge in [0.2, 0.25) is 70.9 Å². The number of nitrogens with two attached hydrogens (primary N) is 6. The van der Waals surface area contributed by atoms with Crippen LogP contribution in [0.2, 0.25) is 0 Å². The van der Waals surface area contributed by atoms with Crippen molar-refractivity contribution in [3.8, 4) is 0 Å². The Kier molecular flexibility index (Phi) is 29.5. The first-order valence-corrected chi connectivity index (χ1v) is 33.6. The lowest BCUT2D eigenvalue weighted by atomic mass is 10.0. The van der Waals surface area contributed by atoms with E-state index < -0.39 is 169 Å². The Balaban J connectivity index is 1.66. The standard InChI is InChI=1S/C52H78N20O15S4/c1-24-41(78)66-30(15-25-18-61-27-8-3-2-7-26(25)27)44(81)64-28(9-4-12-59-51(55)56)42(79)69-33(40(54)77)20-88-90-23-36-48(85)68-32(19-73)45(82)67-31(16-39(75)76)50(87)72-14-6-11-37(72)49(86)65-29(10-5-13-60-52(57)58)43(80)70-35(46(83)62-24)22-91-89-21-34(47(84)71-36)63-38(74)17-53/h2-3,7-8,18,24,28-37,61,73H,4-6,9-17,19-23,53H2,1H3,(H2,54,77)(H,62,83)(H,63,74)(H,64,81)(H,65,86)(H,66,78)(H,67,82)(H,68,85)(H,69,79)(H,70,80)(H,71,84)(H,75,76)(H4,55,56,59)(H4,57,58,60)/t24-,28-,29-,30-,31-,32-,33-,34-,35-,36-,37-/m0/s1. The van der Waals surface area contributed by atoms with Crippen molar-refractivity contribution in [1.29, 1.82) is 0 Å². The van der Waals surface area contributed by atoms with Crippen LogP contribution < -0.4 is 87.6 Å². The normalized spacial score (nSPS) is 26.1. The van der Waals surface area contributed by atoms with E-state index in [9.17, 15) is 72.5 Å². The number of primary amides is 1. The van der Waals surface area contributed by atoms with Gasteiger partial charge in [-0.2, -0.15) is 0 Å². The number of amides is 12. The molecule has 12 amide bonds. The molecule has 0 saturated carbocycles. The number of aliphatic hydroxyl groups excluding tert-OH is 1. The Hall–Kier alpha value is -8.27. The van der Waals surface area contributed by atoms with E-state index in [2.05, 4.69) is 68.1 Å². The van der Waals surface area contributed by atoms with Crippen molar-refractivity contribution < 1.29 is 72.5 Å². The van der Waals surface area contributed by atoms with Crippen molar-refractivity contribution >= 4 is 143 Å². The molecular formula is C52H78N20O15S4. The number of aliphatic imine (C=N–C) groups is 2. The number of carboxylic acid groups (broad SMARTS) is 1. The maximum absolute atomic E-state index is 14.7. The number of aromatic amines is 1. The van der Waals surface area contributed by atoms with Crippen molar-refractivity contribution in [2.45, 2.75) is 125 Å². The third-order valence-corrected chi connectivity index (χ3v) is 19.0. The van der Waals surface area contributed by atoms with E-state index in [1.54, 1.807) is 30.5 Å². The van der Waals surface area contributed by atoms with E-state index in [0.29, 0.717) is 16.5 Å². The predicted octanol–water partition coefficient (Wildman–Crippen LogP) is -7.62. The van der Waals surface area contributed by atoms with Gasteiger partial charge in [-0.3, -0.25) is 72.3 Å². The van der Waals surface area contributed by atoms with Crippen LogP contribution in [0.15, 0.2) is 40.4 Å². The van der Waals surface area contributed by atoms with Gasteiger partial charge in [-0.15, -0.1) is 0 Å². The summed E-state index contributed by atoms with van der Waals surface area (Å²) < 4.78 is 0. The predicted molar refractivity (Wildman–Crippen MR) is 339 cm³/mol. The van der Waals surface area contributed by atoms with Crippen molar-refractivity contribution in [2.75, 3.05) is 55.8 Å². The molecule has 35 nitrogen and oxygen atoms in total. The van der Waals surface area contributed by atoms with Crippen LogP contribution in [0.3, 0.4) is 0 Å². The molecule has 0 aliphatic carbocycles. The number of nitrogens with zero attached hydrogens (tertiary/aromatic N) is 3. The molecule has 3 fully saturated rings. The molecule has 3 aliphatic heterocycles. The third-order valence-electron chi connectivity index (χ3n) is 14.2. The van der Waals surface area contributed by atoms with E-state index in [-0.39, 0.29) is 93.8 Å². The summed E-state index contributed by atoms with van der Waals surface area (Å²) >= 11 is 0. The Labute approximate surface area is 536 Å². The van der Waals surface area contributed by atoms with E-state index in [0.717, 1.165) is 48.1 Å². The monoisotopic (exact) mass is 1350 g/mol. The van der Waals surface area contributed by atoms with Gasteiger partial charge in [-0.25, -0.2) is 0 Å². The second-order valence-electron chi connectivity index (χ2n) is 21.0. The number of fused-ring (bicyclic) bond motifs is 10. The van der Waals surface area contributed by atoms with Gasteiger partial charge < -0.3 is 108 Å². The zero-order chi connectivity index (χ0) is 66.9. The van der Waals surface area contributed by atoms with Crippen LogP contribution in [0.25, 0.3) is 10.9 Å². The zero-order valence-corrected chi connectivity index (χ0v) is 52.7. The fraction of sp³-hybridized carbons (Fsp3) is 0.558. The quantitative estimate of drug-likeness (QED) is 0.0321. The van der Waals surface area contributed by atoms with E-state index in [1.165, 1.54) is 6.92 Å². The van der Waals surface area contributed by atoms with Gasteiger partial charge >= 0.3 is 5.97 Å². The molecule has 1 aromatic carbocycles. The summed E-state index contributed by atoms with van der Waals surface area (Å²) in [7, 11) is 3.46. The van der Waals surface area contributed by atoms with Crippen LogP contribution >= 0.6 is 43.2 Å². The average Bonchev–Trinajstić information content (AvgIpc) is 1.86. The molecule has 91 heavy (non-hydrogen) atoms. The highest BCUT2D eigenvalue weighted by molar-refractivity contribution is 8.77. The molecule has 1 aromatic heterocycles. The number of guanidine groups is 2. The number of benzene rings is 1. The summed E-state index contributed by atoms with van der Waals surface area (Å²) in [6.07, 6.45) is 0.298. The van der Waals surface area contributed by atoms with Crippen molar-refractivity contribution in [2.24, 2.45) is 44.4 Å². The highest BCUT2D eigenvalue weighted by atomic mass is 33.1. The number of hydrogen-bond acceptors (Lipinski definition) is 21. The van der Waals surface area contributed by atoms with Gasteiger partial charge in [0.05, 0.1) is 19.6 Å². The van der Waals surface area contributed by atoms with Gasteiger partial charge in [0, 0.05) is 66.2 Å². The van der Waals surface area contributed by atoms with Crippen molar-refractivity contribution in [1.82, 2.24) is 63.1 Å². The van der Waals surface area contributed by atoms with Crippen LogP contribution in [0.4, 0.5) is 0 Å². The molecule has 0 radical (unpaired) electrons. The van der Waals surface area contributed by atoms with Crippen LogP contribution in [-0.2, 0) is 68.7 Å². The molecule has 0 unspecified atom stereocenters. The lowest BCUT2D eigenvalue weighted by Gasteiger charge is -2.30. The molecule has 25 N–H and O–H groups in total. The molecule has 5 rings (SSSR count). The number of rotatable bonds is 16. The van der Waals surface area contributed by atoms with Crippen LogP contribution in [0, 0.1) is 0 Å². The number of para-hydroxylation sites is 1. The highest BCUT2D eigenvalue weighted by Crippen LogP contribution is 2.27. The lowest BCUT2D eigenvalue weighted by molar-refractivity contribution is -0.146. The Morgan fingerprint density at radius 3 is 1.76 bits per heavy atom. The number of nitrogens with one attached hydrogen (secondary N) is 11. The Bertz CT molecular complexity index is 3040. The third kappa shape index (κ3) is 23.2. The summed E-state index contributed by atoms with van der Waals surface area (Å²) in [5.74, 6) is -15.7. The first-order valence-electron chi connectivity index (χ1n) is 28.6. The minimum absolute atomic E-state index is 0.0125. The first-order chi connectivity index (χ1) is 43.3. The van der Waals surface area contributed by atoms with Crippen LogP contribution in [-0.4, -0.2) is 231 Å². The number of carbonyl (C=O) groups is 13. The molecule has 3 aliphatic rings. The Morgan fingerprint density at radius 1 is 0.626 bits per heavy atom. The lowest BCUT2D eigenvalue weighted by Crippen LogP contribution is -2.61. The second kappa shape index (κ2) is 36.5. The summed E-state index contributed by atoms with van der Waals surface area (Å²) in [4.78, 5) is 194. The molecule has 3 saturated heterocycles. The molecule has 39 heteroatoms. The number of carbonyl (C=O) groups excluding carboxylic acids is 12. The molecule has 4 heterocycles. The molecule has 2 aromatic rings. The fourth-order valence-electron chi connectivity index (χ4n) is 9.39. The van der Waals surface area contributed by atoms with Gasteiger partial charge in [-0.1, -0.05) is 61.4 Å². The maximum Gasteiger partial charge on any atom is 0.305 e. The minimum atomic E-state index is -1.94. The topological polar surface area (TPSA) is 583 Å². The minimum Gasteiger partial charge on any atom is -0.481 e. The second-order valence-corrected chi connectivity index (χ2v) is 26.1. The number of H-pyrrole nitrogens is 1. The zero-order valence-electron chi connectivity index (χ0n) is 49.4. The SMILES string of the molecule is C[C@@H]1NC(=O)[C@@H]2CSSC[C@H](NC(=O)CN)C(=O)N[C@@H](CSSC[C@@H](C(N)=O)NC(=O)[C@H](CCCN=C(N)N)NC(=O)[C@H](Cc3c[nH]c4ccccc34)NC1=O)C(=O)N[C@@H](CO)C(=O)N[C@@H](CC(=O)O)C(=O)N1CCC[C@H]1C(=O)N[C@@H](CCCN=C(N)N)C(=O)N2. The number of aliphatic carboxylic acids is 1. The molecule has 11 atom stereocenters. The van der Waals surface area contributed by atoms with Gasteiger partial charge in [0.15, 0.2) is 11.9 Å². The average molecular weight is 1350 g/mol. The van der Waals surface area contributed by atoms with Crippen molar-refractivity contribution in [3.63, 3.8) is 0 Å². The maximum atomic E-state index is 14.7. The van der Waals surface area contributed by atoms with Gasteiger partial charge in [0.1, 0.15) is 66.5 Å². The summed E-state index contributed by atoms with van der Waals surface area (Å²) in [6, 6.07) is -10.5. The van der Waals surface area contributed by atoms with Gasteiger partial charge in [-0.05, 0) is 57.1 Å². The Morgan fingerprint density at radius 2 is 1.15 bits per heavy atom. The summed E-state index contributed by atoms with van der Waals surface area (Å²) in [5, 5.41) is 46.2. The van der Waals surface area contributed by atoms with Gasteiger partial charge in [0.25, 0.3) is 0 Å². The number of aromatic nitrogens is 1. The van der Waals surface area contributed by atoms with Crippen molar-refractivity contribution in [3.05, 3.63) is 36.0 Å². The van der Waals surface area contributed by atoms with E-state index in [4.69, 9.17) is 34.4 Å². The molecular weight excluding hydrogens is 1270 g/mol. The molecule has 2 bridgehead atoms. The van der Waals surface area contributed by atoms with Crippen LogP contribution in [0.5, 0.6) is 0 Å². The largest absolute Gasteiger partial charge is 0.481 e. The molecule has 0 spiro atoms. The molecule has 500 valence electrons.